The van der Waals surface area contributed by atoms with Gasteiger partial charge in [-0.25, -0.2) is 0 Å². The van der Waals surface area contributed by atoms with Gasteiger partial charge in [-0.2, -0.15) is 5.10 Å². The van der Waals surface area contributed by atoms with Crippen molar-refractivity contribution in [3.8, 4) is 0 Å². The zero-order valence-corrected chi connectivity index (χ0v) is 21.3. The summed E-state index contributed by atoms with van der Waals surface area (Å²) in [4.78, 5) is 4.96. The van der Waals surface area contributed by atoms with Gasteiger partial charge in [0.15, 0.2) is 5.82 Å². The number of hydrogen-bond acceptors (Lipinski definition) is 6. The molecule has 5 heterocycles. The van der Waals surface area contributed by atoms with Crippen LogP contribution < -0.4 is 0 Å². The molecular weight excluding hydrogens is 462 g/mol. The molecule has 2 aromatic heterocycles. The molecular formula is C26H32ClN7O. The molecule has 0 spiro atoms. The second-order valence-corrected chi connectivity index (χ2v) is 10.4. The van der Waals surface area contributed by atoms with E-state index in [1.807, 2.05) is 24.9 Å². The maximum absolute atomic E-state index is 6.82. The van der Waals surface area contributed by atoms with Crippen LogP contribution in [-0.4, -0.2) is 79.8 Å². The molecule has 0 bridgehead atoms. The number of halogens is 1. The van der Waals surface area contributed by atoms with Gasteiger partial charge >= 0.3 is 0 Å². The quantitative estimate of drug-likeness (QED) is 0.637. The molecule has 2 aromatic rings. The van der Waals surface area contributed by atoms with Crippen molar-refractivity contribution in [3.63, 3.8) is 0 Å². The molecule has 0 N–H and O–H groups in total. The number of nitrogens with zero attached hydrogens (tertiary/aromatic N) is 7. The maximum atomic E-state index is 6.82. The number of aryl methyl sites for hydroxylation is 2. The number of fused-ring (bicyclic) bond motifs is 3. The highest BCUT2D eigenvalue weighted by Gasteiger charge is 2.40. The van der Waals surface area contributed by atoms with E-state index in [1.165, 1.54) is 5.57 Å². The lowest BCUT2D eigenvalue weighted by atomic mass is 9.85. The van der Waals surface area contributed by atoms with Crippen molar-refractivity contribution in [2.45, 2.75) is 25.9 Å². The number of hydrogen-bond donors (Lipinski definition) is 0. The second-order valence-electron chi connectivity index (χ2n) is 10.0. The van der Waals surface area contributed by atoms with E-state index in [0.29, 0.717) is 5.92 Å². The zero-order valence-electron chi connectivity index (χ0n) is 20.5. The SMILES string of the molecule is Cc1nnc2n1C1C=C(c3ccn(C)n3)N(CC3C=C(CN4CCOCC4)C=C(Cl)C3C)C1C=C2. The lowest BCUT2D eigenvalue weighted by Crippen LogP contribution is -2.40. The first-order valence-electron chi connectivity index (χ1n) is 12.4. The largest absolute Gasteiger partial charge is 0.379 e. The topological polar surface area (TPSA) is 64.2 Å². The number of allylic oxidation sites excluding steroid dienone is 1. The maximum Gasteiger partial charge on any atom is 0.157 e. The monoisotopic (exact) mass is 493 g/mol. The molecule has 0 saturated carbocycles. The van der Waals surface area contributed by atoms with Gasteiger partial charge in [-0.15, -0.1) is 10.2 Å². The Bertz CT molecular complexity index is 1230. The molecule has 4 aliphatic rings. The normalized spacial score (nSPS) is 28.5. The lowest BCUT2D eigenvalue weighted by molar-refractivity contribution is 0.0424. The van der Waals surface area contributed by atoms with Gasteiger partial charge in [-0.05, 0) is 42.7 Å². The van der Waals surface area contributed by atoms with Gasteiger partial charge in [0.05, 0.1) is 31.0 Å². The predicted molar refractivity (Wildman–Crippen MR) is 136 cm³/mol. The van der Waals surface area contributed by atoms with Crippen molar-refractivity contribution >= 4 is 23.4 Å². The summed E-state index contributed by atoms with van der Waals surface area (Å²) in [6.07, 6.45) is 13.3. The standard InChI is InChI=1S/C26H32ClN7O/c1-17-20(12-19(13-21(17)27)15-32-8-10-35-11-9-32)16-33-23-4-5-26-29-28-18(2)34(26)25(23)14-24(33)22-6-7-31(3)30-22/h4-7,12-14,17,20,23,25H,8-11,15-16H2,1-3H3. The van der Waals surface area contributed by atoms with E-state index in [9.17, 15) is 0 Å². The van der Waals surface area contributed by atoms with Gasteiger partial charge in [0.1, 0.15) is 11.5 Å². The molecule has 1 saturated heterocycles. The van der Waals surface area contributed by atoms with E-state index < -0.39 is 0 Å². The van der Waals surface area contributed by atoms with Crippen molar-refractivity contribution in [1.82, 2.24) is 34.3 Å². The van der Waals surface area contributed by atoms with Crippen LogP contribution in [-0.2, 0) is 11.8 Å². The van der Waals surface area contributed by atoms with Gasteiger partial charge in [0.25, 0.3) is 0 Å². The van der Waals surface area contributed by atoms with Crippen LogP contribution in [0.15, 0.2) is 47.2 Å². The van der Waals surface area contributed by atoms with E-state index in [-0.39, 0.29) is 18.0 Å². The first-order valence-corrected chi connectivity index (χ1v) is 12.8. The van der Waals surface area contributed by atoms with Gasteiger partial charge < -0.3 is 14.2 Å². The van der Waals surface area contributed by atoms with E-state index in [4.69, 9.17) is 21.4 Å². The van der Waals surface area contributed by atoms with Crippen molar-refractivity contribution in [3.05, 3.63) is 64.5 Å². The zero-order chi connectivity index (χ0) is 24.1. The molecule has 6 rings (SSSR count). The molecule has 8 nitrogen and oxygen atoms in total. The number of ether oxygens (including phenoxy) is 1. The van der Waals surface area contributed by atoms with E-state index in [0.717, 1.165) is 67.5 Å². The smallest absolute Gasteiger partial charge is 0.157 e. The average Bonchev–Trinajstić information content (AvgIpc) is 3.55. The van der Waals surface area contributed by atoms with Crippen molar-refractivity contribution in [1.29, 1.82) is 0 Å². The van der Waals surface area contributed by atoms with Gasteiger partial charge in [-0.1, -0.05) is 30.7 Å². The van der Waals surface area contributed by atoms with Crippen molar-refractivity contribution in [2.24, 2.45) is 18.9 Å². The minimum absolute atomic E-state index is 0.142. The number of rotatable bonds is 5. The fourth-order valence-corrected chi connectivity index (χ4v) is 6.04. The van der Waals surface area contributed by atoms with Crippen LogP contribution >= 0.6 is 11.6 Å². The molecule has 9 heteroatoms. The molecule has 0 radical (unpaired) electrons. The van der Waals surface area contributed by atoms with Crippen LogP contribution in [0, 0.1) is 18.8 Å². The average molecular weight is 494 g/mol. The Morgan fingerprint density at radius 1 is 1.14 bits per heavy atom. The summed E-state index contributed by atoms with van der Waals surface area (Å²) in [5, 5.41) is 14.4. The van der Waals surface area contributed by atoms with Gasteiger partial charge in [0, 0.05) is 50.4 Å². The molecule has 35 heavy (non-hydrogen) atoms. The Balaban J connectivity index is 1.31. The van der Waals surface area contributed by atoms with Crippen LogP contribution in [0.4, 0.5) is 0 Å². The Labute approximate surface area is 211 Å². The molecule has 3 aliphatic heterocycles. The van der Waals surface area contributed by atoms with E-state index in [1.54, 1.807) is 0 Å². The Morgan fingerprint density at radius 2 is 1.97 bits per heavy atom. The Morgan fingerprint density at radius 3 is 2.74 bits per heavy atom. The van der Waals surface area contributed by atoms with E-state index >= 15 is 0 Å². The molecule has 184 valence electrons. The second kappa shape index (κ2) is 9.08. The summed E-state index contributed by atoms with van der Waals surface area (Å²) >= 11 is 6.82. The summed E-state index contributed by atoms with van der Waals surface area (Å²) in [7, 11) is 1.97. The van der Waals surface area contributed by atoms with Crippen molar-refractivity contribution < 1.29 is 4.74 Å². The summed E-state index contributed by atoms with van der Waals surface area (Å²) in [6.45, 7) is 9.59. The van der Waals surface area contributed by atoms with E-state index in [2.05, 4.69) is 67.9 Å². The highest BCUT2D eigenvalue weighted by atomic mass is 35.5. The predicted octanol–water partition coefficient (Wildman–Crippen LogP) is 3.26. The molecule has 1 fully saturated rings. The first-order chi connectivity index (χ1) is 17.0. The fraction of sp³-hybridized carbons (Fsp3) is 0.500. The number of aromatic nitrogens is 5. The summed E-state index contributed by atoms with van der Waals surface area (Å²) in [5.41, 5.74) is 3.45. The highest BCUT2D eigenvalue weighted by molar-refractivity contribution is 6.30. The van der Waals surface area contributed by atoms with Crippen molar-refractivity contribution in [2.75, 3.05) is 39.4 Å². The minimum atomic E-state index is 0.142. The number of morpholine rings is 1. The van der Waals surface area contributed by atoms with Crippen LogP contribution in [0.2, 0.25) is 0 Å². The minimum Gasteiger partial charge on any atom is -0.379 e. The molecule has 4 atom stereocenters. The van der Waals surface area contributed by atoms with Crippen LogP contribution in [0.25, 0.3) is 11.8 Å². The third-order valence-electron chi connectivity index (χ3n) is 7.70. The van der Waals surface area contributed by atoms with Crippen LogP contribution in [0.5, 0.6) is 0 Å². The third-order valence-corrected chi connectivity index (χ3v) is 8.16. The molecule has 4 unspecified atom stereocenters. The summed E-state index contributed by atoms with van der Waals surface area (Å²) in [6, 6.07) is 2.42. The summed E-state index contributed by atoms with van der Waals surface area (Å²) < 4.78 is 9.64. The third kappa shape index (κ3) is 4.17. The van der Waals surface area contributed by atoms with Crippen LogP contribution in [0.1, 0.15) is 30.3 Å². The lowest BCUT2D eigenvalue weighted by Gasteiger charge is -2.37. The van der Waals surface area contributed by atoms with Gasteiger partial charge in [0.2, 0.25) is 0 Å². The molecule has 1 aliphatic carbocycles. The Kier molecular flexibility index (Phi) is 5.90. The molecule has 0 amide bonds. The van der Waals surface area contributed by atoms with Crippen LogP contribution in [0.3, 0.4) is 0 Å². The first kappa shape index (κ1) is 22.8. The molecule has 0 aromatic carbocycles. The Hall–Kier alpha value is -2.68. The summed E-state index contributed by atoms with van der Waals surface area (Å²) in [5.74, 6) is 2.40. The fourth-order valence-electron chi connectivity index (χ4n) is 5.74. The van der Waals surface area contributed by atoms with Gasteiger partial charge in [-0.3, -0.25) is 9.58 Å². The highest BCUT2D eigenvalue weighted by Crippen LogP contribution is 2.42.